The van der Waals surface area contributed by atoms with Gasteiger partial charge in [-0.3, -0.25) is 9.88 Å². The number of allylic oxidation sites excluding steroid dienone is 2. The molecule has 1 aliphatic carbocycles. The van der Waals surface area contributed by atoms with E-state index in [0.29, 0.717) is 5.92 Å². The molecule has 4 unspecified atom stereocenters. The summed E-state index contributed by atoms with van der Waals surface area (Å²) in [4.78, 5) is 8.22. The van der Waals surface area contributed by atoms with Gasteiger partial charge in [-0.15, -0.1) is 0 Å². The van der Waals surface area contributed by atoms with Gasteiger partial charge in [0.25, 0.3) is 6.29 Å². The summed E-state index contributed by atoms with van der Waals surface area (Å²) in [5.74, 6) is 1.20. The molecule has 0 saturated carbocycles. The van der Waals surface area contributed by atoms with Crippen molar-refractivity contribution >= 4 is 60.6 Å². The molecular weight excluding hydrogens is 635 g/mol. The second-order valence-corrected chi connectivity index (χ2v) is 14.1. The van der Waals surface area contributed by atoms with E-state index in [2.05, 4.69) is 196 Å². The van der Waals surface area contributed by atoms with Gasteiger partial charge in [-0.25, -0.2) is 0 Å². The summed E-state index contributed by atoms with van der Waals surface area (Å²) in [6.45, 7) is 0. The second-order valence-electron chi connectivity index (χ2n) is 14.1. The van der Waals surface area contributed by atoms with Crippen molar-refractivity contribution in [3.8, 4) is 0 Å². The summed E-state index contributed by atoms with van der Waals surface area (Å²) in [5, 5.41) is 13.6. The number of hydrogen-bond donors (Lipinski definition) is 2. The fourth-order valence-electron chi connectivity index (χ4n) is 9.04. The molecule has 3 aliphatic rings. The number of aromatic nitrogens is 1. The first-order valence-corrected chi connectivity index (χ1v) is 18.2. The number of anilines is 2. The number of fused-ring (bicyclic) bond motifs is 8. The maximum atomic E-state index is 5.61. The Morgan fingerprint density at radius 2 is 1.31 bits per heavy atom. The minimum Gasteiger partial charge on any atom is -0.332 e. The van der Waals surface area contributed by atoms with Gasteiger partial charge in [0.2, 0.25) is 0 Å². The summed E-state index contributed by atoms with van der Waals surface area (Å²) < 4.78 is 2.48. The molecule has 5 nitrogen and oxygen atoms in total. The highest BCUT2D eigenvalue weighted by atomic mass is 15.4. The van der Waals surface area contributed by atoms with Crippen LogP contribution in [-0.2, 0) is 0 Å². The van der Waals surface area contributed by atoms with Gasteiger partial charge < -0.3 is 10.2 Å². The number of hydrogen-bond acceptors (Lipinski definition) is 3. The Morgan fingerprint density at radius 3 is 2.21 bits per heavy atom. The van der Waals surface area contributed by atoms with E-state index in [0.717, 1.165) is 11.4 Å². The maximum absolute atomic E-state index is 5.61. The lowest BCUT2D eigenvalue weighted by Gasteiger charge is -2.31. The third kappa shape index (κ3) is 4.36. The standard InChI is InChI=1S/C47H35N5/c1-2-16-31(17-3-1)45-48-46(37-25-14-19-30-15-4-6-20-33(30)37)50-47(49-45)52-41-28-13-10-24-38(41)43-42(52)29-32-18-5-7-21-34(32)44(43)51-39-26-11-8-22-35(39)36-23-9-12-27-40(36)51/h1-29,35,39,45,47,49H,(H,48,50)/p+1. The highest BCUT2D eigenvalue weighted by molar-refractivity contribution is 6.23. The van der Waals surface area contributed by atoms with Gasteiger partial charge >= 0.3 is 0 Å². The Morgan fingerprint density at radius 1 is 0.596 bits per heavy atom. The molecule has 52 heavy (non-hydrogen) atoms. The Balaban J connectivity index is 1.21. The molecule has 1 aromatic heterocycles. The molecule has 4 atom stereocenters. The second kappa shape index (κ2) is 11.6. The van der Waals surface area contributed by atoms with Crippen LogP contribution in [0.25, 0.3) is 43.4 Å². The van der Waals surface area contributed by atoms with Crippen LogP contribution in [0.4, 0.5) is 11.4 Å². The number of quaternary nitrogens is 1. The fraction of sp³-hybridized carbons (Fsp3) is 0.0851. The molecular formula is C47H36N5+. The molecule has 8 aromatic rings. The van der Waals surface area contributed by atoms with Crippen LogP contribution in [0.2, 0.25) is 0 Å². The summed E-state index contributed by atoms with van der Waals surface area (Å²) in [5.41, 5.74) is 8.59. The van der Waals surface area contributed by atoms with E-state index in [1.54, 1.807) is 0 Å². The largest absolute Gasteiger partial charge is 0.332 e. The van der Waals surface area contributed by atoms with Crippen LogP contribution in [0.3, 0.4) is 0 Å². The van der Waals surface area contributed by atoms with E-state index in [1.807, 2.05) is 0 Å². The Labute approximate surface area is 301 Å². The number of rotatable bonds is 4. The predicted octanol–water partition coefficient (Wildman–Crippen LogP) is 9.60. The van der Waals surface area contributed by atoms with E-state index in [9.17, 15) is 0 Å². The van der Waals surface area contributed by atoms with Crippen molar-refractivity contribution in [1.82, 2.24) is 9.88 Å². The topological polar surface area (TPSA) is 49.2 Å². The zero-order valence-corrected chi connectivity index (χ0v) is 28.5. The summed E-state index contributed by atoms with van der Waals surface area (Å²) in [7, 11) is 0. The summed E-state index contributed by atoms with van der Waals surface area (Å²) in [6, 6.07) is 55.2. The number of benzene rings is 7. The third-order valence-electron chi connectivity index (χ3n) is 11.3. The van der Waals surface area contributed by atoms with Crippen molar-refractivity contribution in [2.75, 3.05) is 4.90 Å². The van der Waals surface area contributed by atoms with Crippen molar-refractivity contribution in [1.29, 1.82) is 0 Å². The van der Waals surface area contributed by atoms with E-state index in [-0.39, 0.29) is 18.5 Å². The molecule has 0 radical (unpaired) electrons. The van der Waals surface area contributed by atoms with Crippen LogP contribution in [0.15, 0.2) is 181 Å². The van der Waals surface area contributed by atoms with Gasteiger partial charge in [0.15, 0.2) is 6.17 Å². The maximum Gasteiger partial charge on any atom is 0.268 e. The first kappa shape index (κ1) is 29.3. The molecule has 2 aliphatic heterocycles. The number of nitrogens with one attached hydrogen (secondary N) is 1. The van der Waals surface area contributed by atoms with Gasteiger partial charge in [-0.1, -0.05) is 158 Å². The van der Waals surface area contributed by atoms with Gasteiger partial charge in [0, 0.05) is 38.9 Å². The fourth-order valence-corrected chi connectivity index (χ4v) is 9.04. The average molecular weight is 671 g/mol. The molecule has 0 saturated heterocycles. The first-order chi connectivity index (χ1) is 25.8. The molecule has 0 amide bonds. The van der Waals surface area contributed by atoms with Crippen molar-refractivity contribution in [3.05, 3.63) is 193 Å². The van der Waals surface area contributed by atoms with E-state index < -0.39 is 0 Å². The lowest BCUT2D eigenvalue weighted by Crippen LogP contribution is -2.91. The smallest absolute Gasteiger partial charge is 0.268 e. The Hall–Kier alpha value is -6.43. The van der Waals surface area contributed by atoms with Crippen molar-refractivity contribution < 1.29 is 5.32 Å². The molecule has 7 aromatic carbocycles. The minimum atomic E-state index is -0.270. The molecule has 0 fully saturated rings. The van der Waals surface area contributed by atoms with Gasteiger partial charge in [-0.05, 0) is 39.9 Å². The SMILES string of the molecule is C1=CC2c3ccccc3N(c3c4ccccc4cc4c3c3ccccc3n4C3N=C(c4cccc5ccccc45)NC(c4ccccc4)[NH2+]3)C2C=C1. The van der Waals surface area contributed by atoms with Gasteiger partial charge in [0.05, 0.1) is 22.8 Å². The minimum absolute atomic E-state index is 0.0424. The Kier molecular flexibility index (Phi) is 6.51. The summed E-state index contributed by atoms with van der Waals surface area (Å²) in [6.07, 6.45) is 8.85. The monoisotopic (exact) mass is 670 g/mol. The van der Waals surface area contributed by atoms with Gasteiger partial charge in [-0.2, -0.15) is 4.99 Å². The highest BCUT2D eigenvalue weighted by Gasteiger charge is 2.40. The number of nitrogens with two attached hydrogens (primary N) is 1. The molecule has 11 rings (SSSR count). The van der Waals surface area contributed by atoms with Crippen LogP contribution >= 0.6 is 0 Å². The summed E-state index contributed by atoms with van der Waals surface area (Å²) >= 11 is 0. The molecule has 3 N–H and O–H groups in total. The molecule has 5 heteroatoms. The zero-order chi connectivity index (χ0) is 34.2. The number of amidine groups is 1. The third-order valence-corrected chi connectivity index (χ3v) is 11.3. The van der Waals surface area contributed by atoms with Crippen LogP contribution in [-0.4, -0.2) is 16.4 Å². The predicted molar refractivity (Wildman–Crippen MR) is 214 cm³/mol. The molecule has 0 spiro atoms. The quantitative estimate of drug-likeness (QED) is 0.196. The molecule has 248 valence electrons. The van der Waals surface area contributed by atoms with Crippen LogP contribution in [0.1, 0.15) is 35.1 Å². The van der Waals surface area contributed by atoms with E-state index in [4.69, 9.17) is 4.99 Å². The van der Waals surface area contributed by atoms with Crippen LogP contribution in [0, 0.1) is 0 Å². The number of nitrogens with zero attached hydrogens (tertiary/aromatic N) is 3. The lowest BCUT2D eigenvalue weighted by molar-refractivity contribution is -0.751. The van der Waals surface area contributed by atoms with Crippen LogP contribution in [0.5, 0.6) is 0 Å². The van der Waals surface area contributed by atoms with Crippen LogP contribution < -0.4 is 15.5 Å². The highest BCUT2D eigenvalue weighted by Crippen LogP contribution is 2.52. The van der Waals surface area contributed by atoms with E-state index >= 15 is 0 Å². The average Bonchev–Trinajstić information content (AvgIpc) is 3.72. The number of aliphatic imine (C=N–C) groups is 1. The van der Waals surface area contributed by atoms with Gasteiger partial charge in [0.1, 0.15) is 5.84 Å². The zero-order valence-electron chi connectivity index (χ0n) is 28.5. The molecule has 3 heterocycles. The van der Waals surface area contributed by atoms with Crippen molar-refractivity contribution in [3.63, 3.8) is 0 Å². The van der Waals surface area contributed by atoms with Crippen molar-refractivity contribution in [2.24, 2.45) is 4.99 Å². The number of para-hydroxylation sites is 2. The lowest BCUT2D eigenvalue weighted by atomic mass is 9.91. The van der Waals surface area contributed by atoms with Crippen molar-refractivity contribution in [2.45, 2.75) is 24.4 Å². The van der Waals surface area contributed by atoms with E-state index in [1.165, 1.54) is 65.9 Å². The molecule has 0 bridgehead atoms. The Bertz CT molecular complexity index is 2790. The first-order valence-electron chi connectivity index (χ1n) is 18.2. The normalized spacial score (nSPS) is 20.7.